The van der Waals surface area contributed by atoms with Crippen LogP contribution in [0.4, 0.5) is 5.69 Å². The molecule has 0 radical (unpaired) electrons. The summed E-state index contributed by atoms with van der Waals surface area (Å²) in [5.74, 6) is 2.02. The number of aliphatic imine (C=N–C) groups is 1. The number of rotatable bonds is 10. The van der Waals surface area contributed by atoms with E-state index >= 15 is 0 Å². The number of amidine groups is 1. The van der Waals surface area contributed by atoms with Crippen LogP contribution in [0.15, 0.2) is 72.0 Å². The van der Waals surface area contributed by atoms with Crippen molar-refractivity contribution < 1.29 is 9.53 Å². The molecule has 2 saturated heterocycles. The van der Waals surface area contributed by atoms with Gasteiger partial charge < -0.3 is 19.9 Å². The molecule has 7 rings (SSSR count). The molecule has 1 saturated carbocycles. The Morgan fingerprint density at radius 1 is 1.12 bits per heavy atom. The summed E-state index contributed by atoms with van der Waals surface area (Å²) in [7, 11) is 1.81. The van der Waals surface area contributed by atoms with Gasteiger partial charge in [-0.2, -0.15) is 0 Å². The van der Waals surface area contributed by atoms with Gasteiger partial charge in [0.15, 0.2) is 6.29 Å². The quantitative estimate of drug-likeness (QED) is 0.0995. The van der Waals surface area contributed by atoms with E-state index in [0.717, 1.165) is 68.6 Å². The van der Waals surface area contributed by atoms with Gasteiger partial charge in [0.1, 0.15) is 23.0 Å². The van der Waals surface area contributed by atoms with Crippen LogP contribution in [0.1, 0.15) is 73.0 Å². The SMILES string of the molecule is CN/C=N\C(=N)CN1CCN(C2CC3(CCN(c4ccc(C=O)c(Oc5cnc6[nH]ccc6c5)c4)CC3)C2)C(c2ccccc2C(C)C)C1. The van der Waals surface area contributed by atoms with Crippen molar-refractivity contribution in [1.82, 2.24) is 25.1 Å². The second kappa shape index (κ2) is 14.1. The summed E-state index contributed by atoms with van der Waals surface area (Å²) in [4.78, 5) is 31.3. The van der Waals surface area contributed by atoms with E-state index in [9.17, 15) is 4.79 Å². The third kappa shape index (κ3) is 6.98. The number of anilines is 1. The number of nitrogens with zero attached hydrogens (tertiary/aromatic N) is 5. The van der Waals surface area contributed by atoms with Crippen molar-refractivity contribution >= 4 is 35.2 Å². The average molecular weight is 661 g/mol. The lowest BCUT2D eigenvalue weighted by Crippen LogP contribution is -2.60. The van der Waals surface area contributed by atoms with Gasteiger partial charge in [0, 0.05) is 75.2 Å². The minimum atomic E-state index is 0.304. The van der Waals surface area contributed by atoms with Crippen LogP contribution in [0.25, 0.3) is 11.0 Å². The average Bonchev–Trinajstić information content (AvgIpc) is 3.58. The van der Waals surface area contributed by atoms with Crippen LogP contribution in [0, 0.1) is 10.8 Å². The van der Waals surface area contributed by atoms with Gasteiger partial charge in [-0.15, -0.1) is 0 Å². The zero-order chi connectivity index (χ0) is 34.0. The number of carbonyl (C=O) groups excluding carboxylic acids is 1. The Bertz CT molecular complexity index is 1820. The zero-order valence-corrected chi connectivity index (χ0v) is 28.9. The first kappa shape index (κ1) is 33.0. The fraction of sp³-hybridized carbons (Fsp3) is 0.436. The van der Waals surface area contributed by atoms with Gasteiger partial charge in [-0.1, -0.05) is 38.1 Å². The number of hydrogen-bond acceptors (Lipinski definition) is 7. The van der Waals surface area contributed by atoms with Gasteiger partial charge in [-0.05, 0) is 72.4 Å². The van der Waals surface area contributed by atoms with Gasteiger partial charge >= 0.3 is 0 Å². The number of aldehydes is 1. The Labute approximate surface area is 289 Å². The smallest absolute Gasteiger partial charge is 0.153 e. The van der Waals surface area contributed by atoms with Gasteiger partial charge in [0.25, 0.3) is 0 Å². The predicted octanol–water partition coefficient (Wildman–Crippen LogP) is 6.62. The monoisotopic (exact) mass is 660 g/mol. The normalized spacial score (nSPS) is 20.2. The summed E-state index contributed by atoms with van der Waals surface area (Å²) in [5, 5.41) is 12.3. The maximum atomic E-state index is 11.9. The van der Waals surface area contributed by atoms with Crippen molar-refractivity contribution in [3.05, 3.63) is 83.7 Å². The molecule has 1 aliphatic carbocycles. The second-order valence-corrected chi connectivity index (χ2v) is 14.3. The molecule has 0 amide bonds. The molecule has 4 heterocycles. The standard InChI is InChI=1S/C39H48N8O2/c1-27(2)33-6-4-5-7-34(33)35-23-45(24-37(40)44-26-41-3)16-17-47(35)31-20-39(21-31)11-14-46(15-12-39)30-9-8-29(25-48)36(19-30)49-32-18-28-10-13-42-38(28)43-22-32/h4-10,13,18-19,22,25-27,31,35H,11-12,14-17,20-21,23-24H2,1-3H3,(H,42,43)(H2,40,41,44). The third-order valence-electron chi connectivity index (χ3n) is 10.9. The van der Waals surface area contributed by atoms with Crippen LogP contribution < -0.4 is 15.0 Å². The number of pyridine rings is 1. The predicted molar refractivity (Wildman–Crippen MR) is 197 cm³/mol. The van der Waals surface area contributed by atoms with Crippen LogP contribution in [0.2, 0.25) is 0 Å². The van der Waals surface area contributed by atoms with E-state index in [0.29, 0.717) is 52.9 Å². The summed E-state index contributed by atoms with van der Waals surface area (Å²) in [5.41, 5.74) is 5.67. The Balaban J connectivity index is 1.02. The molecule has 4 aromatic rings. The molecule has 256 valence electrons. The summed E-state index contributed by atoms with van der Waals surface area (Å²) in [6.07, 6.45) is 10.8. The zero-order valence-electron chi connectivity index (χ0n) is 28.9. The lowest BCUT2D eigenvalue weighted by atomic mass is 9.59. The van der Waals surface area contributed by atoms with Gasteiger partial charge in [-0.25, -0.2) is 9.98 Å². The molecule has 3 aliphatic rings. The Hall–Kier alpha value is -4.54. The molecular weight excluding hydrogens is 612 g/mol. The fourth-order valence-corrected chi connectivity index (χ4v) is 8.28. The Morgan fingerprint density at radius 2 is 1.94 bits per heavy atom. The van der Waals surface area contributed by atoms with Crippen molar-refractivity contribution in [3.8, 4) is 11.5 Å². The number of fused-ring (bicyclic) bond motifs is 1. The lowest BCUT2D eigenvalue weighted by molar-refractivity contribution is -0.0597. The number of hydrogen-bond donors (Lipinski definition) is 3. The number of benzene rings is 2. The highest BCUT2D eigenvalue weighted by Gasteiger charge is 2.50. The highest BCUT2D eigenvalue weighted by atomic mass is 16.5. The summed E-state index contributed by atoms with van der Waals surface area (Å²) in [6, 6.07) is 19.7. The number of aromatic amines is 1. The fourth-order valence-electron chi connectivity index (χ4n) is 8.28. The van der Waals surface area contributed by atoms with Gasteiger partial charge in [-0.3, -0.25) is 20.0 Å². The molecule has 10 heteroatoms. The van der Waals surface area contributed by atoms with E-state index in [1.54, 1.807) is 12.5 Å². The minimum Gasteiger partial charge on any atom is -0.455 e. The topological polar surface area (TPSA) is 113 Å². The van der Waals surface area contributed by atoms with Gasteiger partial charge in [0.2, 0.25) is 0 Å². The molecule has 49 heavy (non-hydrogen) atoms. The molecule has 0 bridgehead atoms. The third-order valence-corrected chi connectivity index (χ3v) is 10.9. The largest absolute Gasteiger partial charge is 0.455 e. The van der Waals surface area contributed by atoms with Crippen molar-refractivity contribution in [2.45, 2.75) is 57.5 Å². The summed E-state index contributed by atoms with van der Waals surface area (Å²) >= 11 is 0. The van der Waals surface area contributed by atoms with Crippen LogP contribution in [0.3, 0.4) is 0 Å². The maximum absolute atomic E-state index is 11.9. The summed E-state index contributed by atoms with van der Waals surface area (Å²) in [6.45, 7) is 10.00. The molecule has 1 spiro atoms. The highest BCUT2D eigenvalue weighted by molar-refractivity contribution is 5.88. The number of piperazine rings is 1. The molecule has 1 atom stereocenters. The van der Waals surface area contributed by atoms with Crippen molar-refractivity contribution in [3.63, 3.8) is 0 Å². The lowest BCUT2D eigenvalue weighted by Gasteiger charge is -2.58. The minimum absolute atomic E-state index is 0.304. The van der Waals surface area contributed by atoms with Crippen LogP contribution >= 0.6 is 0 Å². The van der Waals surface area contributed by atoms with Crippen molar-refractivity contribution in [1.29, 1.82) is 5.41 Å². The van der Waals surface area contributed by atoms with E-state index in [2.05, 4.69) is 73.1 Å². The molecule has 3 N–H and O–H groups in total. The van der Waals surface area contributed by atoms with Crippen LogP contribution in [-0.4, -0.2) is 90.6 Å². The highest BCUT2D eigenvalue weighted by Crippen LogP contribution is 2.53. The summed E-state index contributed by atoms with van der Waals surface area (Å²) < 4.78 is 6.21. The molecule has 1 unspecified atom stereocenters. The van der Waals surface area contributed by atoms with E-state index in [-0.39, 0.29) is 0 Å². The number of piperidine rings is 1. The number of aromatic nitrogens is 2. The van der Waals surface area contributed by atoms with Gasteiger partial charge in [0.05, 0.1) is 24.6 Å². The number of ether oxygens (including phenoxy) is 1. The number of nitrogens with one attached hydrogen (secondary N) is 3. The van der Waals surface area contributed by atoms with Crippen LogP contribution in [0.5, 0.6) is 11.5 Å². The molecule has 10 nitrogen and oxygen atoms in total. The maximum Gasteiger partial charge on any atom is 0.153 e. The van der Waals surface area contributed by atoms with E-state index < -0.39 is 0 Å². The second-order valence-electron chi connectivity index (χ2n) is 14.3. The number of carbonyl (C=O) groups is 1. The van der Waals surface area contributed by atoms with E-state index in [1.165, 1.54) is 24.0 Å². The number of H-pyrrole nitrogens is 1. The first-order valence-electron chi connectivity index (χ1n) is 17.6. The van der Waals surface area contributed by atoms with E-state index in [1.807, 2.05) is 43.6 Å². The molecule has 2 aliphatic heterocycles. The Morgan fingerprint density at radius 3 is 2.71 bits per heavy atom. The molecular formula is C39H48N8O2. The van der Waals surface area contributed by atoms with Crippen molar-refractivity contribution in [2.24, 2.45) is 10.4 Å². The first-order valence-corrected chi connectivity index (χ1v) is 17.6. The molecule has 2 aromatic heterocycles. The van der Waals surface area contributed by atoms with Crippen LogP contribution in [-0.2, 0) is 0 Å². The van der Waals surface area contributed by atoms with E-state index in [4.69, 9.17) is 10.1 Å². The van der Waals surface area contributed by atoms with Crippen molar-refractivity contribution in [2.75, 3.05) is 51.2 Å². The molecule has 3 fully saturated rings. The first-order chi connectivity index (χ1) is 23.8. The molecule has 2 aromatic carbocycles. The Kier molecular flexibility index (Phi) is 9.51.